The standard InChI is InChI=1S/C11H24OS/c1-6-10(4)7-13-8-11(5,12)9(2)3/h9-10,12H,6-8H2,1-5H3. The van der Waals surface area contributed by atoms with Crippen molar-refractivity contribution in [1.29, 1.82) is 0 Å². The Kier molecular flexibility index (Phi) is 6.06. The lowest BCUT2D eigenvalue weighted by Gasteiger charge is -2.27. The molecular weight excluding hydrogens is 180 g/mol. The minimum atomic E-state index is -0.502. The fourth-order valence-corrected chi connectivity index (χ4v) is 2.25. The molecule has 13 heavy (non-hydrogen) atoms. The number of aliphatic hydroxyl groups is 1. The van der Waals surface area contributed by atoms with Crippen LogP contribution in [-0.2, 0) is 0 Å². The van der Waals surface area contributed by atoms with Crippen LogP contribution >= 0.6 is 11.8 Å². The van der Waals surface area contributed by atoms with Crippen molar-refractivity contribution < 1.29 is 5.11 Å². The normalized spacial score (nSPS) is 18.7. The predicted molar refractivity (Wildman–Crippen MR) is 62.2 cm³/mol. The highest BCUT2D eigenvalue weighted by atomic mass is 32.2. The molecule has 0 spiro atoms. The molecule has 0 aromatic heterocycles. The van der Waals surface area contributed by atoms with Crippen molar-refractivity contribution in [3.05, 3.63) is 0 Å². The summed E-state index contributed by atoms with van der Waals surface area (Å²) in [5.74, 6) is 3.14. The highest BCUT2D eigenvalue weighted by molar-refractivity contribution is 7.99. The Morgan fingerprint density at radius 2 is 1.85 bits per heavy atom. The van der Waals surface area contributed by atoms with Crippen molar-refractivity contribution in [3.8, 4) is 0 Å². The van der Waals surface area contributed by atoms with Gasteiger partial charge in [0.25, 0.3) is 0 Å². The van der Waals surface area contributed by atoms with Gasteiger partial charge >= 0.3 is 0 Å². The maximum absolute atomic E-state index is 9.96. The molecule has 1 N–H and O–H groups in total. The largest absolute Gasteiger partial charge is 0.389 e. The van der Waals surface area contributed by atoms with Crippen molar-refractivity contribution in [2.45, 2.75) is 46.6 Å². The first kappa shape index (κ1) is 13.3. The quantitative estimate of drug-likeness (QED) is 0.717. The Morgan fingerprint density at radius 1 is 1.31 bits per heavy atom. The summed E-state index contributed by atoms with van der Waals surface area (Å²) in [7, 11) is 0. The van der Waals surface area contributed by atoms with Crippen molar-refractivity contribution in [2.24, 2.45) is 11.8 Å². The third-order valence-electron chi connectivity index (χ3n) is 2.74. The molecule has 0 saturated heterocycles. The van der Waals surface area contributed by atoms with E-state index in [0.29, 0.717) is 5.92 Å². The van der Waals surface area contributed by atoms with Gasteiger partial charge in [-0.3, -0.25) is 0 Å². The maximum Gasteiger partial charge on any atom is 0.0732 e. The van der Waals surface area contributed by atoms with E-state index >= 15 is 0 Å². The van der Waals surface area contributed by atoms with Gasteiger partial charge in [0.1, 0.15) is 0 Å². The van der Waals surface area contributed by atoms with Crippen LogP contribution in [0.4, 0.5) is 0 Å². The predicted octanol–water partition coefficient (Wildman–Crippen LogP) is 3.17. The molecule has 0 bridgehead atoms. The van der Waals surface area contributed by atoms with E-state index in [1.807, 2.05) is 18.7 Å². The summed E-state index contributed by atoms with van der Waals surface area (Å²) >= 11 is 1.87. The van der Waals surface area contributed by atoms with Crippen LogP contribution in [0, 0.1) is 11.8 Å². The molecule has 0 aliphatic carbocycles. The second-order valence-corrected chi connectivity index (χ2v) is 5.57. The molecule has 0 fully saturated rings. The third-order valence-corrected chi connectivity index (χ3v) is 4.33. The Morgan fingerprint density at radius 3 is 2.23 bits per heavy atom. The molecular formula is C11H24OS. The van der Waals surface area contributed by atoms with E-state index < -0.39 is 5.60 Å². The van der Waals surface area contributed by atoms with Crippen molar-refractivity contribution >= 4 is 11.8 Å². The van der Waals surface area contributed by atoms with Crippen LogP contribution < -0.4 is 0 Å². The van der Waals surface area contributed by atoms with E-state index in [1.54, 1.807) is 0 Å². The van der Waals surface area contributed by atoms with Crippen LogP contribution in [0.5, 0.6) is 0 Å². The van der Waals surface area contributed by atoms with Crippen LogP contribution in [-0.4, -0.2) is 22.2 Å². The maximum atomic E-state index is 9.96. The lowest BCUT2D eigenvalue weighted by Crippen LogP contribution is -2.34. The van der Waals surface area contributed by atoms with Crippen LogP contribution in [0.3, 0.4) is 0 Å². The molecule has 1 nitrogen and oxygen atoms in total. The zero-order valence-corrected chi connectivity index (χ0v) is 10.4. The highest BCUT2D eigenvalue weighted by Crippen LogP contribution is 2.23. The first-order valence-corrected chi connectivity index (χ1v) is 6.35. The Labute approximate surface area is 87.3 Å². The summed E-state index contributed by atoms with van der Waals surface area (Å²) in [6.07, 6.45) is 1.23. The zero-order valence-electron chi connectivity index (χ0n) is 9.63. The van der Waals surface area contributed by atoms with E-state index in [1.165, 1.54) is 12.2 Å². The van der Waals surface area contributed by atoms with Crippen molar-refractivity contribution in [3.63, 3.8) is 0 Å². The average Bonchev–Trinajstić information content (AvgIpc) is 2.03. The Balaban J connectivity index is 3.63. The third kappa shape index (κ3) is 5.58. The second kappa shape index (κ2) is 5.92. The minimum Gasteiger partial charge on any atom is -0.389 e. The van der Waals surface area contributed by atoms with E-state index in [2.05, 4.69) is 27.7 Å². The first-order valence-electron chi connectivity index (χ1n) is 5.20. The zero-order chi connectivity index (χ0) is 10.5. The molecule has 0 aromatic rings. The molecule has 2 atom stereocenters. The summed E-state index contributed by atoms with van der Waals surface area (Å²) in [5.41, 5.74) is -0.502. The van der Waals surface area contributed by atoms with Gasteiger partial charge in [-0.25, -0.2) is 0 Å². The summed E-state index contributed by atoms with van der Waals surface area (Å²) < 4.78 is 0. The van der Waals surface area contributed by atoms with Gasteiger partial charge in [0, 0.05) is 5.75 Å². The number of hydrogen-bond donors (Lipinski definition) is 1. The van der Waals surface area contributed by atoms with Crippen LogP contribution in [0.2, 0.25) is 0 Å². The molecule has 0 amide bonds. The fourth-order valence-electron chi connectivity index (χ4n) is 0.751. The SMILES string of the molecule is CCC(C)CSCC(C)(O)C(C)C. The summed E-state index contributed by atoms with van der Waals surface area (Å²) in [6.45, 7) is 10.6. The lowest BCUT2D eigenvalue weighted by atomic mass is 9.95. The number of rotatable bonds is 6. The van der Waals surface area contributed by atoms with Crippen molar-refractivity contribution in [1.82, 2.24) is 0 Å². The van der Waals surface area contributed by atoms with Crippen LogP contribution in [0.1, 0.15) is 41.0 Å². The van der Waals surface area contributed by atoms with Gasteiger partial charge in [0.15, 0.2) is 0 Å². The molecule has 0 rings (SSSR count). The minimum absolute atomic E-state index is 0.344. The van der Waals surface area contributed by atoms with Crippen LogP contribution in [0.15, 0.2) is 0 Å². The van der Waals surface area contributed by atoms with Gasteiger partial charge in [-0.05, 0) is 24.5 Å². The van der Waals surface area contributed by atoms with Crippen molar-refractivity contribution in [2.75, 3.05) is 11.5 Å². The molecule has 0 radical (unpaired) electrons. The van der Waals surface area contributed by atoms with E-state index in [-0.39, 0.29) is 0 Å². The van der Waals surface area contributed by atoms with Gasteiger partial charge in [0.2, 0.25) is 0 Å². The second-order valence-electron chi connectivity index (χ2n) is 4.54. The number of thioether (sulfide) groups is 1. The van der Waals surface area contributed by atoms with Gasteiger partial charge < -0.3 is 5.11 Å². The summed E-state index contributed by atoms with van der Waals surface area (Å²) in [4.78, 5) is 0. The lowest BCUT2D eigenvalue weighted by molar-refractivity contribution is 0.0376. The number of hydrogen-bond acceptors (Lipinski definition) is 2. The molecule has 2 heteroatoms. The topological polar surface area (TPSA) is 20.2 Å². The molecule has 0 aliphatic heterocycles. The van der Waals surface area contributed by atoms with E-state index in [0.717, 1.165) is 11.7 Å². The van der Waals surface area contributed by atoms with Crippen LogP contribution in [0.25, 0.3) is 0 Å². The van der Waals surface area contributed by atoms with Gasteiger partial charge in [0.05, 0.1) is 5.60 Å². The van der Waals surface area contributed by atoms with Gasteiger partial charge in [-0.15, -0.1) is 0 Å². The average molecular weight is 204 g/mol. The Bertz CT molecular complexity index is 132. The first-order chi connectivity index (χ1) is 5.90. The van der Waals surface area contributed by atoms with E-state index in [9.17, 15) is 5.11 Å². The Hall–Kier alpha value is 0.310. The molecule has 0 aliphatic rings. The molecule has 0 saturated carbocycles. The molecule has 0 aromatic carbocycles. The van der Waals surface area contributed by atoms with Gasteiger partial charge in [-0.1, -0.05) is 34.1 Å². The summed E-state index contributed by atoms with van der Waals surface area (Å²) in [6, 6.07) is 0. The summed E-state index contributed by atoms with van der Waals surface area (Å²) in [5, 5.41) is 9.96. The molecule has 80 valence electrons. The molecule has 0 heterocycles. The smallest absolute Gasteiger partial charge is 0.0732 e. The monoisotopic (exact) mass is 204 g/mol. The molecule has 2 unspecified atom stereocenters. The fraction of sp³-hybridized carbons (Fsp3) is 1.00. The van der Waals surface area contributed by atoms with Gasteiger partial charge in [-0.2, -0.15) is 11.8 Å². The highest BCUT2D eigenvalue weighted by Gasteiger charge is 2.24. The van der Waals surface area contributed by atoms with E-state index in [4.69, 9.17) is 0 Å².